The lowest BCUT2D eigenvalue weighted by Gasteiger charge is -2.50. The maximum absolute atomic E-state index is 12.2. The zero-order chi connectivity index (χ0) is 23.9. The van der Waals surface area contributed by atoms with E-state index in [-0.39, 0.29) is 5.92 Å². The van der Waals surface area contributed by atoms with Crippen LogP contribution in [0.2, 0.25) is 0 Å². The summed E-state index contributed by atoms with van der Waals surface area (Å²) in [5.41, 5.74) is -2.25. The van der Waals surface area contributed by atoms with Crippen molar-refractivity contribution in [3.05, 3.63) is 35.9 Å². The second kappa shape index (κ2) is 15.8. The monoisotopic (exact) mass is 450 g/mol. The highest BCUT2D eigenvalue weighted by molar-refractivity contribution is 5.27. The molecule has 0 bridgehead atoms. The fourth-order valence-corrected chi connectivity index (χ4v) is 5.05. The van der Waals surface area contributed by atoms with Gasteiger partial charge in [-0.1, -0.05) is 122 Å². The third-order valence-corrected chi connectivity index (χ3v) is 7.49. The number of aliphatic hydroxyl groups excluding tert-OH is 3. The van der Waals surface area contributed by atoms with Gasteiger partial charge in [0.15, 0.2) is 0 Å². The number of unbranched alkanes of at least 4 members (excludes halogenated alkanes) is 7. The Morgan fingerprint density at radius 3 is 1.84 bits per heavy atom. The van der Waals surface area contributed by atoms with Crippen LogP contribution in [0, 0.1) is 11.3 Å². The lowest BCUT2D eigenvalue weighted by molar-refractivity contribution is -0.201. The van der Waals surface area contributed by atoms with Gasteiger partial charge in [-0.05, 0) is 24.3 Å². The lowest BCUT2D eigenvalue weighted by atomic mass is 9.61. The Morgan fingerprint density at radius 1 is 0.750 bits per heavy atom. The van der Waals surface area contributed by atoms with Crippen molar-refractivity contribution in [2.75, 3.05) is 13.2 Å². The highest BCUT2D eigenvalue weighted by Gasteiger charge is 2.55. The SMILES string of the molecule is CCCCCCCCCC(O)C(CO)(CO)C(O)(CC(CC)CCCC)c1ccccc1. The molecule has 0 heterocycles. The van der Waals surface area contributed by atoms with E-state index in [2.05, 4.69) is 20.8 Å². The van der Waals surface area contributed by atoms with E-state index in [0.717, 1.165) is 44.9 Å². The van der Waals surface area contributed by atoms with Gasteiger partial charge < -0.3 is 20.4 Å². The minimum atomic E-state index is -1.51. The zero-order valence-electron chi connectivity index (χ0n) is 20.9. The molecule has 1 aromatic rings. The van der Waals surface area contributed by atoms with Gasteiger partial charge in [0.2, 0.25) is 0 Å². The molecule has 0 saturated heterocycles. The van der Waals surface area contributed by atoms with Crippen molar-refractivity contribution in [3.8, 4) is 0 Å². The summed E-state index contributed by atoms with van der Waals surface area (Å²) in [5, 5.41) is 44.5. The van der Waals surface area contributed by atoms with Crippen molar-refractivity contribution >= 4 is 0 Å². The van der Waals surface area contributed by atoms with Gasteiger partial charge in [0.1, 0.15) is 5.60 Å². The van der Waals surface area contributed by atoms with Gasteiger partial charge in [-0.2, -0.15) is 0 Å². The molecule has 0 aromatic heterocycles. The molecule has 0 radical (unpaired) electrons. The van der Waals surface area contributed by atoms with Gasteiger partial charge in [-0.3, -0.25) is 0 Å². The van der Waals surface area contributed by atoms with E-state index in [1.54, 1.807) is 0 Å². The summed E-state index contributed by atoms with van der Waals surface area (Å²) < 4.78 is 0. The minimum Gasteiger partial charge on any atom is -0.395 e. The molecule has 0 aliphatic carbocycles. The Bertz CT molecular complexity index is 572. The van der Waals surface area contributed by atoms with Crippen LogP contribution in [-0.4, -0.2) is 39.7 Å². The summed E-state index contributed by atoms with van der Waals surface area (Å²) in [6.45, 7) is 5.57. The van der Waals surface area contributed by atoms with Gasteiger partial charge in [0.25, 0.3) is 0 Å². The molecular formula is C28H50O4. The van der Waals surface area contributed by atoms with Crippen LogP contribution >= 0.6 is 0 Å². The summed E-state index contributed by atoms with van der Waals surface area (Å²) in [4.78, 5) is 0. The number of benzene rings is 1. The van der Waals surface area contributed by atoms with Gasteiger partial charge in [0.05, 0.1) is 24.7 Å². The topological polar surface area (TPSA) is 80.9 Å². The van der Waals surface area contributed by atoms with Gasteiger partial charge >= 0.3 is 0 Å². The van der Waals surface area contributed by atoms with Crippen molar-refractivity contribution in [3.63, 3.8) is 0 Å². The Labute approximate surface area is 197 Å². The summed E-state index contributed by atoms with van der Waals surface area (Å²) in [7, 11) is 0. The fraction of sp³-hybridized carbons (Fsp3) is 0.786. The second-order valence-corrected chi connectivity index (χ2v) is 9.75. The van der Waals surface area contributed by atoms with Crippen LogP contribution in [0.15, 0.2) is 30.3 Å². The Morgan fingerprint density at radius 2 is 1.31 bits per heavy atom. The Balaban J connectivity index is 3.09. The number of aliphatic hydroxyl groups is 4. The second-order valence-electron chi connectivity index (χ2n) is 9.75. The first kappa shape index (κ1) is 29.1. The Hall–Kier alpha value is -0.940. The van der Waals surface area contributed by atoms with Crippen LogP contribution in [0.4, 0.5) is 0 Å². The standard InChI is InChI=1S/C28H50O4/c1-4-7-9-10-11-12-16-20-26(31)27(22-29,23-30)28(32,25-18-14-13-15-19-25)21-24(6-3)17-8-5-2/h13-15,18-19,24,26,29-32H,4-12,16-17,20-23H2,1-3H3. The largest absolute Gasteiger partial charge is 0.395 e. The number of hydrogen-bond donors (Lipinski definition) is 4. The molecule has 4 nitrogen and oxygen atoms in total. The number of rotatable bonds is 19. The molecule has 0 spiro atoms. The Kier molecular flexibility index (Phi) is 14.4. The third kappa shape index (κ3) is 7.83. The minimum absolute atomic E-state index is 0.253. The molecule has 3 unspecified atom stereocenters. The van der Waals surface area contributed by atoms with E-state index in [9.17, 15) is 20.4 Å². The maximum atomic E-state index is 12.2. The summed E-state index contributed by atoms with van der Waals surface area (Å²) in [6, 6.07) is 9.35. The molecule has 0 fully saturated rings. The summed E-state index contributed by atoms with van der Waals surface area (Å²) in [6.07, 6.45) is 11.9. The van der Waals surface area contributed by atoms with E-state index in [1.165, 1.54) is 25.7 Å². The van der Waals surface area contributed by atoms with Crippen LogP contribution in [0.3, 0.4) is 0 Å². The summed E-state index contributed by atoms with van der Waals surface area (Å²) in [5.74, 6) is 0.253. The first-order valence-electron chi connectivity index (χ1n) is 13.1. The molecule has 1 rings (SSSR count). The molecule has 32 heavy (non-hydrogen) atoms. The first-order valence-corrected chi connectivity index (χ1v) is 13.1. The van der Waals surface area contributed by atoms with Crippen LogP contribution < -0.4 is 0 Å². The van der Waals surface area contributed by atoms with Crippen molar-refractivity contribution in [2.45, 2.75) is 116 Å². The fourth-order valence-electron chi connectivity index (χ4n) is 5.05. The lowest BCUT2D eigenvalue weighted by Crippen LogP contribution is -2.58. The average molecular weight is 451 g/mol. The van der Waals surface area contributed by atoms with E-state index in [1.807, 2.05) is 30.3 Å². The van der Waals surface area contributed by atoms with E-state index < -0.39 is 30.3 Å². The molecule has 0 aliphatic rings. The van der Waals surface area contributed by atoms with Crippen molar-refractivity contribution in [1.82, 2.24) is 0 Å². The van der Waals surface area contributed by atoms with E-state index in [0.29, 0.717) is 18.4 Å². The summed E-state index contributed by atoms with van der Waals surface area (Å²) >= 11 is 0. The quantitative estimate of drug-likeness (QED) is 0.196. The van der Waals surface area contributed by atoms with E-state index in [4.69, 9.17) is 0 Å². The molecule has 0 aliphatic heterocycles. The molecule has 186 valence electrons. The highest BCUT2D eigenvalue weighted by atomic mass is 16.3. The van der Waals surface area contributed by atoms with Crippen molar-refractivity contribution in [2.24, 2.45) is 11.3 Å². The van der Waals surface area contributed by atoms with Crippen LogP contribution in [0.5, 0.6) is 0 Å². The predicted molar refractivity (Wildman–Crippen MR) is 133 cm³/mol. The normalized spacial score (nSPS) is 16.0. The molecule has 0 amide bonds. The van der Waals surface area contributed by atoms with Crippen LogP contribution in [0.1, 0.15) is 110 Å². The molecule has 0 saturated carbocycles. The third-order valence-electron chi connectivity index (χ3n) is 7.49. The zero-order valence-corrected chi connectivity index (χ0v) is 20.9. The van der Waals surface area contributed by atoms with Gasteiger partial charge in [-0.15, -0.1) is 0 Å². The van der Waals surface area contributed by atoms with Gasteiger partial charge in [-0.25, -0.2) is 0 Å². The highest BCUT2D eigenvalue weighted by Crippen LogP contribution is 2.48. The van der Waals surface area contributed by atoms with Crippen molar-refractivity contribution in [1.29, 1.82) is 0 Å². The maximum Gasteiger partial charge on any atom is 0.102 e. The van der Waals surface area contributed by atoms with E-state index >= 15 is 0 Å². The number of hydrogen-bond acceptors (Lipinski definition) is 4. The first-order chi connectivity index (χ1) is 15.5. The molecule has 1 aromatic carbocycles. The average Bonchev–Trinajstić information content (AvgIpc) is 2.82. The van der Waals surface area contributed by atoms with Crippen LogP contribution in [0.25, 0.3) is 0 Å². The predicted octanol–water partition coefficient (Wildman–Crippen LogP) is 5.95. The molecule has 3 atom stereocenters. The molecular weight excluding hydrogens is 400 g/mol. The van der Waals surface area contributed by atoms with Crippen molar-refractivity contribution < 1.29 is 20.4 Å². The molecule has 4 heteroatoms. The van der Waals surface area contributed by atoms with Gasteiger partial charge in [0, 0.05) is 0 Å². The smallest absolute Gasteiger partial charge is 0.102 e. The van der Waals surface area contributed by atoms with Crippen LogP contribution in [-0.2, 0) is 5.60 Å². The molecule has 4 N–H and O–H groups in total.